The van der Waals surface area contributed by atoms with Crippen LogP contribution in [-0.4, -0.2) is 12.6 Å². The van der Waals surface area contributed by atoms with Crippen LogP contribution in [0.1, 0.15) is 26.2 Å². The molecule has 8 heavy (non-hydrogen) atoms. The van der Waals surface area contributed by atoms with Gasteiger partial charge in [0.15, 0.2) is 0 Å². The summed E-state index contributed by atoms with van der Waals surface area (Å²) in [5, 5.41) is 0. The molecule has 2 heteroatoms. The summed E-state index contributed by atoms with van der Waals surface area (Å²) in [7, 11) is 0. The average molecular weight is 114 g/mol. The third-order valence-corrected chi connectivity index (χ3v) is 1.15. The smallest absolute Gasteiger partial charge is 0.0351 e. The van der Waals surface area contributed by atoms with E-state index in [9.17, 15) is 0 Å². The van der Waals surface area contributed by atoms with Crippen molar-refractivity contribution in [2.24, 2.45) is 0 Å². The first-order valence-corrected chi connectivity index (χ1v) is 3.17. The molecule has 0 rings (SSSR count). The molecule has 0 saturated carbocycles. The Labute approximate surface area is 51.2 Å². The molecule has 2 N–H and O–H groups in total. The molecule has 0 aliphatic carbocycles. The van der Waals surface area contributed by atoms with E-state index in [1.54, 1.807) is 0 Å². The van der Waals surface area contributed by atoms with E-state index in [4.69, 9.17) is 11.5 Å². The molecule has 2 radical (unpaired) electrons. The van der Waals surface area contributed by atoms with Crippen molar-refractivity contribution >= 4 is 0 Å². The first-order valence-electron chi connectivity index (χ1n) is 3.17. The molecule has 0 spiro atoms. The van der Waals surface area contributed by atoms with E-state index < -0.39 is 0 Å². The molecule has 0 aromatic carbocycles. The molecule has 0 fully saturated rings. The summed E-state index contributed by atoms with van der Waals surface area (Å²) in [5.74, 6) is 0. The Bertz CT molecular complexity index is 45.8. The fourth-order valence-electron chi connectivity index (χ4n) is 0.553. The lowest BCUT2D eigenvalue weighted by atomic mass is 10.1. The minimum atomic E-state index is -0.130. The summed E-state index contributed by atoms with van der Waals surface area (Å²) in [4.78, 5) is 0. The van der Waals surface area contributed by atoms with Crippen LogP contribution in [0.3, 0.4) is 0 Å². The third kappa shape index (κ3) is 4.09. The molecule has 0 aromatic rings. The molecule has 0 aliphatic rings. The van der Waals surface area contributed by atoms with E-state index in [1.165, 1.54) is 0 Å². The Balaban J connectivity index is 2.86. The number of unbranched alkanes of at least 4 members (excludes halogenated alkanes) is 1. The first kappa shape index (κ1) is 7.92. The van der Waals surface area contributed by atoms with Gasteiger partial charge in [-0.1, -0.05) is 19.8 Å². The maximum Gasteiger partial charge on any atom is 0.0351 e. The minimum Gasteiger partial charge on any atom is -0.256 e. The van der Waals surface area contributed by atoms with E-state index in [2.05, 4.69) is 6.92 Å². The molecule has 1 unspecified atom stereocenters. The summed E-state index contributed by atoms with van der Waals surface area (Å²) in [6.45, 7) is 2.37. The summed E-state index contributed by atoms with van der Waals surface area (Å²) in [6, 6.07) is -0.130. The van der Waals surface area contributed by atoms with Crippen molar-refractivity contribution in [2.75, 3.05) is 6.54 Å². The molecular formula is C6H14N2. The van der Waals surface area contributed by atoms with E-state index in [-0.39, 0.29) is 12.6 Å². The highest BCUT2D eigenvalue weighted by Crippen LogP contribution is 1.96. The van der Waals surface area contributed by atoms with Gasteiger partial charge in [-0.3, -0.25) is 11.5 Å². The number of hydrogen-bond acceptors (Lipinski definition) is 0. The van der Waals surface area contributed by atoms with Crippen molar-refractivity contribution in [3.8, 4) is 0 Å². The number of nitrogens with one attached hydrogen (secondary N) is 2. The summed E-state index contributed by atoms with van der Waals surface area (Å²) >= 11 is 0. The average Bonchev–Trinajstić information content (AvgIpc) is 1.83. The van der Waals surface area contributed by atoms with Gasteiger partial charge in [0, 0.05) is 12.6 Å². The molecule has 0 saturated heterocycles. The fourth-order valence-corrected chi connectivity index (χ4v) is 0.553. The van der Waals surface area contributed by atoms with Gasteiger partial charge in [0.05, 0.1) is 0 Å². The van der Waals surface area contributed by atoms with Gasteiger partial charge in [-0.05, 0) is 6.42 Å². The van der Waals surface area contributed by atoms with Crippen LogP contribution in [0.25, 0.3) is 0 Å². The van der Waals surface area contributed by atoms with Crippen molar-refractivity contribution < 1.29 is 0 Å². The molecule has 0 heterocycles. The van der Waals surface area contributed by atoms with Gasteiger partial charge in [-0.25, -0.2) is 0 Å². The van der Waals surface area contributed by atoms with Crippen LogP contribution < -0.4 is 11.5 Å². The van der Waals surface area contributed by atoms with Crippen LogP contribution in [0.4, 0.5) is 0 Å². The molecule has 0 amide bonds. The normalized spacial score (nSPS) is 13.9. The van der Waals surface area contributed by atoms with Gasteiger partial charge in [-0.15, -0.1) is 0 Å². The monoisotopic (exact) mass is 114 g/mol. The van der Waals surface area contributed by atoms with E-state index in [1.807, 2.05) is 0 Å². The first-order chi connectivity index (χ1) is 3.81. The lowest BCUT2D eigenvalue weighted by molar-refractivity contribution is 0.565. The zero-order valence-electron chi connectivity index (χ0n) is 5.41. The standard InChI is InChI=1S/C6H14N2/c1-2-3-4-6(8)5-7/h6-8H,2-5H2,1H3. The predicted octanol–water partition coefficient (Wildman–Crippen LogP) is 1.11. The van der Waals surface area contributed by atoms with Crippen LogP contribution >= 0.6 is 0 Å². The van der Waals surface area contributed by atoms with Gasteiger partial charge in [0.2, 0.25) is 0 Å². The lowest BCUT2D eigenvalue weighted by Crippen LogP contribution is -2.14. The second kappa shape index (κ2) is 5.06. The molecular weight excluding hydrogens is 100 g/mol. The lowest BCUT2D eigenvalue weighted by Gasteiger charge is -2.02. The van der Waals surface area contributed by atoms with Gasteiger partial charge < -0.3 is 0 Å². The number of hydrogen-bond donors (Lipinski definition) is 0. The topological polar surface area (TPSA) is 47.6 Å². The summed E-state index contributed by atoms with van der Waals surface area (Å²) in [6.07, 6.45) is 3.16. The highest BCUT2D eigenvalue weighted by molar-refractivity contribution is 4.58. The zero-order valence-corrected chi connectivity index (χ0v) is 5.41. The Morgan fingerprint density at radius 1 is 1.50 bits per heavy atom. The number of rotatable bonds is 4. The fraction of sp³-hybridized carbons (Fsp3) is 1.00. The Morgan fingerprint density at radius 2 is 2.12 bits per heavy atom. The van der Waals surface area contributed by atoms with Gasteiger partial charge in [-0.2, -0.15) is 0 Å². The highest BCUT2D eigenvalue weighted by Gasteiger charge is 1.96. The van der Waals surface area contributed by atoms with Crippen molar-refractivity contribution in [1.29, 1.82) is 0 Å². The molecule has 0 aromatic heterocycles. The summed E-state index contributed by atoms with van der Waals surface area (Å²) in [5.41, 5.74) is 13.9. The van der Waals surface area contributed by atoms with Gasteiger partial charge in [0.25, 0.3) is 0 Å². The maximum absolute atomic E-state index is 7.14. The van der Waals surface area contributed by atoms with Crippen LogP contribution in [0.2, 0.25) is 0 Å². The van der Waals surface area contributed by atoms with Crippen molar-refractivity contribution in [3.63, 3.8) is 0 Å². The largest absolute Gasteiger partial charge is 0.256 e. The van der Waals surface area contributed by atoms with Crippen LogP contribution in [0.15, 0.2) is 0 Å². The maximum atomic E-state index is 7.14. The Morgan fingerprint density at radius 3 is 2.50 bits per heavy atom. The minimum absolute atomic E-state index is 0.130. The van der Waals surface area contributed by atoms with Crippen molar-refractivity contribution in [3.05, 3.63) is 0 Å². The SMILES string of the molecule is CCCCC([NH])C[NH]. The quantitative estimate of drug-likeness (QED) is 0.525. The summed E-state index contributed by atoms with van der Waals surface area (Å²) < 4.78 is 0. The van der Waals surface area contributed by atoms with Crippen LogP contribution in [0.5, 0.6) is 0 Å². The second-order valence-corrected chi connectivity index (χ2v) is 2.04. The van der Waals surface area contributed by atoms with Crippen molar-refractivity contribution in [2.45, 2.75) is 32.2 Å². The predicted molar refractivity (Wildman–Crippen MR) is 34.4 cm³/mol. The van der Waals surface area contributed by atoms with Gasteiger partial charge >= 0.3 is 0 Å². The van der Waals surface area contributed by atoms with E-state index >= 15 is 0 Å². The molecule has 48 valence electrons. The second-order valence-electron chi connectivity index (χ2n) is 2.04. The Kier molecular flexibility index (Phi) is 5.01. The van der Waals surface area contributed by atoms with E-state index in [0.717, 1.165) is 19.3 Å². The van der Waals surface area contributed by atoms with Crippen LogP contribution in [0, 0.1) is 0 Å². The van der Waals surface area contributed by atoms with E-state index in [0.29, 0.717) is 0 Å². The highest BCUT2D eigenvalue weighted by atomic mass is 14.7. The van der Waals surface area contributed by atoms with Crippen LogP contribution in [-0.2, 0) is 0 Å². The van der Waals surface area contributed by atoms with Gasteiger partial charge in [0.1, 0.15) is 0 Å². The van der Waals surface area contributed by atoms with Crippen molar-refractivity contribution in [1.82, 2.24) is 11.5 Å². The molecule has 0 aliphatic heterocycles. The Hall–Kier alpha value is -0.0800. The molecule has 0 bridgehead atoms. The third-order valence-electron chi connectivity index (χ3n) is 1.15. The molecule has 2 nitrogen and oxygen atoms in total. The zero-order chi connectivity index (χ0) is 6.41. The molecule has 1 atom stereocenters.